The Morgan fingerprint density at radius 1 is 0.273 bits per heavy atom. The molecule has 2 heterocycles. The fourth-order valence-corrected chi connectivity index (χ4v) is 8.32. The molecule has 0 saturated carbocycles. The van der Waals surface area contributed by atoms with Crippen molar-refractivity contribution in [2.24, 2.45) is 0 Å². The molecule has 9 aromatic carbocycles. The van der Waals surface area contributed by atoms with Gasteiger partial charge >= 0.3 is 0 Å². The summed E-state index contributed by atoms with van der Waals surface area (Å²) in [7, 11) is 0. The van der Waals surface area contributed by atoms with Gasteiger partial charge in [-0.15, -0.1) is 0 Å². The fourth-order valence-electron chi connectivity index (χ4n) is 8.32. The number of benzene rings is 9. The summed E-state index contributed by atoms with van der Waals surface area (Å²) in [6, 6.07) is 70.7. The summed E-state index contributed by atoms with van der Waals surface area (Å²) >= 11 is 0. The lowest BCUT2D eigenvalue weighted by Gasteiger charge is -2.26. The van der Waals surface area contributed by atoms with Gasteiger partial charge in [-0.1, -0.05) is 140 Å². The van der Waals surface area contributed by atoms with Gasteiger partial charge in [0.15, 0.2) is 0 Å². The van der Waals surface area contributed by atoms with Gasteiger partial charge in [0.25, 0.3) is 0 Å². The Balaban J connectivity index is 1.11. The number of rotatable bonds is 6. The Labute approximate surface area is 317 Å². The molecule has 0 aliphatic carbocycles. The second-order valence-corrected chi connectivity index (χ2v) is 14.1. The van der Waals surface area contributed by atoms with Crippen molar-refractivity contribution in [3.8, 4) is 33.4 Å². The SMILES string of the molecule is c1ccc(-c2ccc(N(c3ccc4c(c3)oc3cccc(-c5ccccc5)c34)c3ccc4oc5cc(-c6ccccc6)c6ccccc6c5c4c3)cc2)cc1. The topological polar surface area (TPSA) is 29.5 Å². The molecule has 11 rings (SSSR count). The average molecular weight is 704 g/mol. The van der Waals surface area contributed by atoms with Crippen molar-refractivity contribution in [2.45, 2.75) is 0 Å². The molecule has 0 aliphatic heterocycles. The van der Waals surface area contributed by atoms with E-state index in [1.165, 1.54) is 33.0 Å². The van der Waals surface area contributed by atoms with Gasteiger partial charge < -0.3 is 13.7 Å². The van der Waals surface area contributed by atoms with Gasteiger partial charge in [-0.3, -0.25) is 0 Å². The molecule has 55 heavy (non-hydrogen) atoms. The van der Waals surface area contributed by atoms with Crippen molar-refractivity contribution in [2.75, 3.05) is 4.90 Å². The van der Waals surface area contributed by atoms with Crippen LogP contribution in [0.3, 0.4) is 0 Å². The lowest BCUT2D eigenvalue weighted by Crippen LogP contribution is -2.09. The first-order valence-electron chi connectivity index (χ1n) is 18.7. The Kier molecular flexibility index (Phi) is 7.17. The predicted octanol–water partition coefficient (Wildman–Crippen LogP) is 15.1. The molecule has 0 saturated heterocycles. The van der Waals surface area contributed by atoms with Crippen molar-refractivity contribution in [1.82, 2.24) is 0 Å². The Morgan fingerprint density at radius 2 is 0.855 bits per heavy atom. The predicted molar refractivity (Wildman–Crippen MR) is 229 cm³/mol. The zero-order chi connectivity index (χ0) is 36.3. The minimum atomic E-state index is 0.844. The van der Waals surface area contributed by atoms with Crippen LogP contribution in [0.25, 0.3) is 88.0 Å². The molecule has 0 fully saturated rings. The number of hydrogen-bond acceptors (Lipinski definition) is 3. The zero-order valence-corrected chi connectivity index (χ0v) is 29.8. The Morgan fingerprint density at radius 3 is 1.60 bits per heavy atom. The number of hydrogen-bond donors (Lipinski definition) is 0. The highest BCUT2D eigenvalue weighted by atomic mass is 16.3. The molecule has 0 aliphatic rings. The minimum Gasteiger partial charge on any atom is -0.456 e. The maximum Gasteiger partial charge on any atom is 0.137 e. The molecule has 0 bridgehead atoms. The minimum absolute atomic E-state index is 0.844. The summed E-state index contributed by atoms with van der Waals surface area (Å²) in [6.45, 7) is 0. The summed E-state index contributed by atoms with van der Waals surface area (Å²) in [5.41, 5.74) is 13.6. The summed E-state index contributed by atoms with van der Waals surface area (Å²) in [6.07, 6.45) is 0. The van der Waals surface area contributed by atoms with Gasteiger partial charge in [-0.25, -0.2) is 0 Å². The third-order valence-electron chi connectivity index (χ3n) is 10.9. The third-order valence-corrected chi connectivity index (χ3v) is 10.9. The van der Waals surface area contributed by atoms with Crippen LogP contribution in [0.1, 0.15) is 0 Å². The van der Waals surface area contributed by atoms with Crippen LogP contribution in [-0.4, -0.2) is 0 Å². The van der Waals surface area contributed by atoms with E-state index in [0.29, 0.717) is 0 Å². The quantitative estimate of drug-likeness (QED) is 0.173. The average Bonchev–Trinajstić information content (AvgIpc) is 3.82. The maximum absolute atomic E-state index is 6.64. The molecule has 258 valence electrons. The first kappa shape index (κ1) is 31.2. The molecule has 0 N–H and O–H groups in total. The molecule has 2 aromatic heterocycles. The van der Waals surface area contributed by atoms with Crippen molar-refractivity contribution in [1.29, 1.82) is 0 Å². The van der Waals surface area contributed by atoms with E-state index in [-0.39, 0.29) is 0 Å². The number of anilines is 3. The molecule has 0 radical (unpaired) electrons. The highest BCUT2D eigenvalue weighted by molar-refractivity contribution is 6.22. The lowest BCUT2D eigenvalue weighted by atomic mass is 9.95. The van der Waals surface area contributed by atoms with Gasteiger partial charge in [-0.05, 0) is 98.8 Å². The first-order valence-corrected chi connectivity index (χ1v) is 18.7. The van der Waals surface area contributed by atoms with Crippen LogP contribution in [0.5, 0.6) is 0 Å². The van der Waals surface area contributed by atoms with Gasteiger partial charge in [-0.2, -0.15) is 0 Å². The fraction of sp³-hybridized carbons (Fsp3) is 0. The number of furan rings is 2. The molecule has 3 heteroatoms. The monoisotopic (exact) mass is 703 g/mol. The molecule has 0 spiro atoms. The molecular weight excluding hydrogens is 671 g/mol. The highest BCUT2D eigenvalue weighted by Crippen LogP contribution is 2.45. The van der Waals surface area contributed by atoms with Gasteiger partial charge in [0, 0.05) is 44.7 Å². The second kappa shape index (κ2) is 12.6. The summed E-state index contributed by atoms with van der Waals surface area (Å²) in [5, 5.41) is 6.79. The van der Waals surface area contributed by atoms with E-state index < -0.39 is 0 Å². The van der Waals surface area contributed by atoms with Crippen molar-refractivity contribution >= 4 is 71.7 Å². The third kappa shape index (κ3) is 5.20. The van der Waals surface area contributed by atoms with Crippen LogP contribution < -0.4 is 4.90 Å². The van der Waals surface area contributed by atoms with E-state index >= 15 is 0 Å². The molecule has 0 atom stereocenters. The molecule has 0 amide bonds. The summed E-state index contributed by atoms with van der Waals surface area (Å²) in [4.78, 5) is 2.32. The van der Waals surface area contributed by atoms with E-state index in [4.69, 9.17) is 8.83 Å². The van der Waals surface area contributed by atoms with E-state index in [1.54, 1.807) is 0 Å². The number of nitrogens with zero attached hydrogens (tertiary/aromatic N) is 1. The summed E-state index contributed by atoms with van der Waals surface area (Å²) in [5.74, 6) is 0. The van der Waals surface area contributed by atoms with Crippen LogP contribution in [0.15, 0.2) is 209 Å². The van der Waals surface area contributed by atoms with Crippen molar-refractivity contribution < 1.29 is 8.83 Å². The summed E-state index contributed by atoms with van der Waals surface area (Å²) < 4.78 is 13.3. The maximum atomic E-state index is 6.64. The molecule has 11 aromatic rings. The highest BCUT2D eigenvalue weighted by Gasteiger charge is 2.20. The van der Waals surface area contributed by atoms with Gasteiger partial charge in [0.1, 0.15) is 22.3 Å². The molecule has 0 unspecified atom stereocenters. The van der Waals surface area contributed by atoms with E-state index in [0.717, 1.165) is 72.1 Å². The van der Waals surface area contributed by atoms with E-state index in [9.17, 15) is 0 Å². The first-order chi connectivity index (χ1) is 27.3. The van der Waals surface area contributed by atoms with Crippen LogP contribution in [0.2, 0.25) is 0 Å². The van der Waals surface area contributed by atoms with E-state index in [2.05, 4.69) is 205 Å². The zero-order valence-electron chi connectivity index (χ0n) is 29.8. The van der Waals surface area contributed by atoms with Crippen molar-refractivity contribution in [3.05, 3.63) is 200 Å². The van der Waals surface area contributed by atoms with Gasteiger partial charge in [0.2, 0.25) is 0 Å². The van der Waals surface area contributed by atoms with E-state index in [1.807, 2.05) is 0 Å². The molecule has 3 nitrogen and oxygen atoms in total. The molecular formula is C52H33NO2. The van der Waals surface area contributed by atoms with Crippen LogP contribution >= 0.6 is 0 Å². The van der Waals surface area contributed by atoms with Crippen LogP contribution in [0, 0.1) is 0 Å². The van der Waals surface area contributed by atoms with Gasteiger partial charge in [0.05, 0.1) is 0 Å². The Hall–Kier alpha value is -7.36. The normalized spacial score (nSPS) is 11.6. The number of fused-ring (bicyclic) bond motifs is 8. The largest absolute Gasteiger partial charge is 0.456 e. The smallest absolute Gasteiger partial charge is 0.137 e. The second-order valence-electron chi connectivity index (χ2n) is 14.1. The van der Waals surface area contributed by atoms with Crippen LogP contribution in [0.4, 0.5) is 17.1 Å². The van der Waals surface area contributed by atoms with Crippen molar-refractivity contribution in [3.63, 3.8) is 0 Å². The standard InChI is InChI=1S/C52H33NO2/c1-4-13-34(14-5-1)35-23-25-38(26-24-35)53(40-27-29-44-49(32-40)55-48-22-12-21-41(51(44)48)36-15-6-2-7-16-36)39-28-30-47-46(31-39)52-43-20-11-10-19-42(43)45(33-50(52)54-47)37-17-8-3-9-18-37/h1-33H. The lowest BCUT2D eigenvalue weighted by molar-refractivity contribution is 0.668. The van der Waals surface area contributed by atoms with Crippen LogP contribution in [-0.2, 0) is 0 Å². The Bertz CT molecular complexity index is 3180.